The highest BCUT2D eigenvalue weighted by atomic mass is 79.9. The fourth-order valence-corrected chi connectivity index (χ4v) is 2.10. The summed E-state index contributed by atoms with van der Waals surface area (Å²) in [5.74, 6) is -0.302. The fourth-order valence-electron chi connectivity index (χ4n) is 1.62. The van der Waals surface area contributed by atoms with Crippen molar-refractivity contribution in [1.29, 1.82) is 0 Å². The lowest BCUT2D eigenvalue weighted by molar-refractivity contribution is 0.616. The molecule has 0 fully saturated rings. The zero-order valence-electron chi connectivity index (χ0n) is 9.27. The fraction of sp³-hybridized carbons (Fsp3) is 0.273. The van der Waals surface area contributed by atoms with Gasteiger partial charge in [-0.05, 0) is 23.8 Å². The summed E-state index contributed by atoms with van der Waals surface area (Å²) in [4.78, 5) is 0. The van der Waals surface area contributed by atoms with Crippen LogP contribution in [0.3, 0.4) is 0 Å². The van der Waals surface area contributed by atoms with Crippen LogP contribution < -0.4 is 5.73 Å². The Morgan fingerprint density at radius 2 is 2.24 bits per heavy atom. The number of benzene rings is 1. The second-order valence-corrected chi connectivity index (χ2v) is 4.81. The van der Waals surface area contributed by atoms with E-state index in [4.69, 9.17) is 5.73 Å². The summed E-state index contributed by atoms with van der Waals surface area (Å²) in [6.45, 7) is 0. The molecule has 0 radical (unpaired) electrons. The molecule has 4 nitrogen and oxygen atoms in total. The Balaban J connectivity index is 2.16. The van der Waals surface area contributed by atoms with Gasteiger partial charge in [0, 0.05) is 30.2 Å². The van der Waals surface area contributed by atoms with Gasteiger partial charge in [0.2, 0.25) is 0 Å². The van der Waals surface area contributed by atoms with Crippen LogP contribution in [0.2, 0.25) is 0 Å². The third-order valence-electron chi connectivity index (χ3n) is 2.39. The van der Waals surface area contributed by atoms with Crippen molar-refractivity contribution >= 4 is 15.9 Å². The number of rotatable bonds is 3. The lowest BCUT2D eigenvalue weighted by Gasteiger charge is -2.10. The van der Waals surface area contributed by atoms with Crippen molar-refractivity contribution in [3.63, 3.8) is 0 Å². The van der Waals surface area contributed by atoms with Crippen LogP contribution in [0.5, 0.6) is 0 Å². The van der Waals surface area contributed by atoms with E-state index in [0.717, 1.165) is 11.3 Å². The molecule has 2 rings (SSSR count). The highest BCUT2D eigenvalue weighted by Crippen LogP contribution is 2.21. The molecule has 0 aliphatic heterocycles. The molecule has 1 heterocycles. The van der Waals surface area contributed by atoms with Crippen LogP contribution >= 0.6 is 15.9 Å². The molecule has 0 spiro atoms. The third kappa shape index (κ3) is 3.10. The number of halogens is 2. The predicted octanol–water partition coefficient (Wildman–Crippen LogP) is 1.96. The first-order chi connectivity index (χ1) is 8.04. The molecule has 90 valence electrons. The monoisotopic (exact) mass is 298 g/mol. The van der Waals surface area contributed by atoms with Crippen molar-refractivity contribution < 1.29 is 4.39 Å². The van der Waals surface area contributed by atoms with Crippen molar-refractivity contribution in [1.82, 2.24) is 15.0 Å². The van der Waals surface area contributed by atoms with Crippen LogP contribution in [0.1, 0.15) is 17.3 Å². The zero-order chi connectivity index (χ0) is 12.4. The third-order valence-corrected chi connectivity index (χ3v) is 2.85. The minimum atomic E-state index is -0.302. The van der Waals surface area contributed by atoms with E-state index in [1.54, 1.807) is 17.9 Å². The summed E-state index contributed by atoms with van der Waals surface area (Å²) in [5.41, 5.74) is 7.54. The van der Waals surface area contributed by atoms with Gasteiger partial charge in [-0.1, -0.05) is 21.1 Å². The van der Waals surface area contributed by atoms with Crippen molar-refractivity contribution in [2.24, 2.45) is 12.8 Å². The van der Waals surface area contributed by atoms with Crippen LogP contribution in [0.15, 0.2) is 28.9 Å². The van der Waals surface area contributed by atoms with Crippen LogP contribution in [-0.4, -0.2) is 15.0 Å². The molecule has 1 aromatic heterocycles. The maximum Gasteiger partial charge on any atom is 0.124 e. The van der Waals surface area contributed by atoms with Gasteiger partial charge in [0.05, 0.1) is 5.69 Å². The van der Waals surface area contributed by atoms with Gasteiger partial charge in [0.15, 0.2) is 0 Å². The predicted molar refractivity (Wildman–Crippen MR) is 65.7 cm³/mol. The molecule has 17 heavy (non-hydrogen) atoms. The van der Waals surface area contributed by atoms with Gasteiger partial charge in [-0.2, -0.15) is 0 Å². The lowest BCUT2D eigenvalue weighted by atomic mass is 10.0. The SMILES string of the molecule is Cn1cc(CC(N)c2cc(F)cc(Br)c2)nn1. The molecule has 0 aliphatic rings. The van der Waals surface area contributed by atoms with Crippen molar-refractivity contribution in [3.05, 3.63) is 45.9 Å². The first kappa shape index (κ1) is 12.2. The molecule has 1 atom stereocenters. The molecule has 0 saturated heterocycles. The summed E-state index contributed by atoms with van der Waals surface area (Å²) in [7, 11) is 1.79. The van der Waals surface area contributed by atoms with E-state index in [9.17, 15) is 4.39 Å². The maximum atomic E-state index is 13.2. The molecule has 0 aliphatic carbocycles. The average molecular weight is 299 g/mol. The van der Waals surface area contributed by atoms with E-state index in [1.807, 2.05) is 6.07 Å². The molecular formula is C11H12BrFN4. The molecule has 2 aromatic rings. The Hall–Kier alpha value is -1.27. The minimum absolute atomic E-state index is 0.293. The van der Waals surface area contributed by atoms with E-state index < -0.39 is 0 Å². The molecule has 1 aromatic carbocycles. The topological polar surface area (TPSA) is 56.7 Å². The van der Waals surface area contributed by atoms with E-state index in [0.29, 0.717) is 10.9 Å². The Kier molecular flexibility index (Phi) is 3.54. The number of nitrogens with zero attached hydrogens (tertiary/aromatic N) is 3. The van der Waals surface area contributed by atoms with Crippen LogP contribution in [0.25, 0.3) is 0 Å². The van der Waals surface area contributed by atoms with Gasteiger partial charge in [-0.3, -0.25) is 4.68 Å². The number of hydrogen-bond donors (Lipinski definition) is 1. The van der Waals surface area contributed by atoms with Gasteiger partial charge < -0.3 is 5.73 Å². The smallest absolute Gasteiger partial charge is 0.124 e. The average Bonchev–Trinajstić information content (AvgIpc) is 2.62. The first-order valence-electron chi connectivity index (χ1n) is 5.11. The largest absolute Gasteiger partial charge is 0.324 e. The van der Waals surface area contributed by atoms with Gasteiger partial charge >= 0.3 is 0 Å². The molecule has 6 heteroatoms. The van der Waals surface area contributed by atoms with Crippen LogP contribution in [0.4, 0.5) is 4.39 Å². The Morgan fingerprint density at radius 1 is 1.47 bits per heavy atom. The molecule has 1 unspecified atom stereocenters. The lowest BCUT2D eigenvalue weighted by Crippen LogP contribution is -2.14. The molecule has 2 N–H and O–H groups in total. The number of hydrogen-bond acceptors (Lipinski definition) is 3. The molecule has 0 bridgehead atoms. The second-order valence-electron chi connectivity index (χ2n) is 3.90. The van der Waals surface area contributed by atoms with Gasteiger partial charge in [0.1, 0.15) is 5.82 Å². The highest BCUT2D eigenvalue weighted by molar-refractivity contribution is 9.10. The van der Waals surface area contributed by atoms with Crippen molar-refractivity contribution in [2.75, 3.05) is 0 Å². The summed E-state index contributed by atoms with van der Waals surface area (Å²) in [6.07, 6.45) is 2.33. The summed E-state index contributed by atoms with van der Waals surface area (Å²) in [6, 6.07) is 4.35. The van der Waals surface area contributed by atoms with E-state index in [-0.39, 0.29) is 11.9 Å². The van der Waals surface area contributed by atoms with Crippen LogP contribution in [-0.2, 0) is 13.5 Å². The van der Waals surface area contributed by atoms with E-state index in [1.165, 1.54) is 12.1 Å². The van der Waals surface area contributed by atoms with Gasteiger partial charge in [0.25, 0.3) is 0 Å². The molecule has 0 saturated carbocycles. The van der Waals surface area contributed by atoms with Crippen LogP contribution in [0, 0.1) is 5.82 Å². The van der Waals surface area contributed by atoms with Gasteiger partial charge in [-0.25, -0.2) is 4.39 Å². The zero-order valence-corrected chi connectivity index (χ0v) is 10.9. The number of aromatic nitrogens is 3. The minimum Gasteiger partial charge on any atom is -0.324 e. The van der Waals surface area contributed by atoms with E-state index >= 15 is 0 Å². The normalized spacial score (nSPS) is 12.7. The first-order valence-corrected chi connectivity index (χ1v) is 5.90. The summed E-state index contributed by atoms with van der Waals surface area (Å²) in [5, 5.41) is 7.78. The van der Waals surface area contributed by atoms with E-state index in [2.05, 4.69) is 26.2 Å². The molecular weight excluding hydrogens is 287 g/mol. The highest BCUT2D eigenvalue weighted by Gasteiger charge is 2.11. The Morgan fingerprint density at radius 3 is 2.82 bits per heavy atom. The summed E-state index contributed by atoms with van der Waals surface area (Å²) < 4.78 is 15.5. The molecule has 0 amide bonds. The van der Waals surface area contributed by atoms with Crippen molar-refractivity contribution in [2.45, 2.75) is 12.5 Å². The summed E-state index contributed by atoms with van der Waals surface area (Å²) >= 11 is 3.24. The second kappa shape index (κ2) is 4.93. The Bertz CT molecular complexity index is 506. The maximum absolute atomic E-state index is 13.2. The number of aryl methyl sites for hydroxylation is 1. The van der Waals surface area contributed by atoms with Crippen molar-refractivity contribution in [3.8, 4) is 0 Å². The van der Waals surface area contributed by atoms with Gasteiger partial charge in [-0.15, -0.1) is 5.10 Å². The Labute approximate surface area is 107 Å². The standard InChI is InChI=1S/C11H12BrFN4/c1-17-6-10(15-16-17)5-11(14)7-2-8(12)4-9(13)3-7/h2-4,6,11H,5,14H2,1H3. The quantitative estimate of drug-likeness (QED) is 0.942. The number of nitrogens with two attached hydrogens (primary N) is 1.